The fourth-order valence-electron chi connectivity index (χ4n) is 12.8. The summed E-state index contributed by atoms with van der Waals surface area (Å²) in [4.78, 5) is 0. The topological polar surface area (TPSA) is 228 Å². The first-order chi connectivity index (χ1) is 24.9. The van der Waals surface area contributed by atoms with Gasteiger partial charge in [0.05, 0.1) is 43.2 Å². The van der Waals surface area contributed by atoms with Crippen LogP contribution in [0.2, 0.25) is 0 Å². The Hall–Kier alpha value is -0.560. The number of aliphatic hydroxyl groups excluding tert-OH is 8. The zero-order chi connectivity index (χ0) is 38.4. The summed E-state index contributed by atoms with van der Waals surface area (Å²) in [5, 5.41) is 96.1. The Balaban J connectivity index is 1.18. The molecule has 14 nitrogen and oxygen atoms in total. The summed E-state index contributed by atoms with van der Waals surface area (Å²) in [5.41, 5.74) is -1.64. The molecule has 3 saturated heterocycles. The lowest BCUT2D eigenvalue weighted by atomic mass is 9.41. The van der Waals surface area contributed by atoms with Crippen molar-refractivity contribution in [2.75, 3.05) is 13.2 Å². The van der Waals surface area contributed by atoms with Crippen LogP contribution >= 0.6 is 0 Å². The van der Waals surface area contributed by atoms with Crippen LogP contribution in [0.25, 0.3) is 0 Å². The molecule has 4 aliphatic carbocycles. The van der Waals surface area contributed by atoms with Crippen molar-refractivity contribution in [3.05, 3.63) is 0 Å². The molecule has 3 heterocycles. The molecule has 0 amide bonds. The summed E-state index contributed by atoms with van der Waals surface area (Å²) in [6.45, 7) is 8.87. The first kappa shape index (κ1) is 40.6. The molecule has 0 aromatic heterocycles. The first-order valence-corrected chi connectivity index (χ1v) is 20.2. The molecule has 7 rings (SSSR count). The molecule has 306 valence electrons. The maximum atomic E-state index is 11.5. The fraction of sp³-hybridized carbons (Fsp3) is 1.00. The van der Waals surface area contributed by atoms with Crippen molar-refractivity contribution in [3.63, 3.8) is 0 Å². The van der Waals surface area contributed by atoms with Gasteiger partial charge in [0.15, 0.2) is 12.6 Å². The highest BCUT2D eigenvalue weighted by Gasteiger charge is 2.65. The minimum Gasteiger partial charge on any atom is -0.394 e. The molecule has 0 bridgehead atoms. The van der Waals surface area contributed by atoms with E-state index >= 15 is 0 Å². The van der Waals surface area contributed by atoms with Gasteiger partial charge in [0.1, 0.15) is 48.8 Å². The zero-order valence-electron chi connectivity index (χ0n) is 31.9. The molecule has 21 atom stereocenters. The van der Waals surface area contributed by atoms with Gasteiger partial charge in [0.25, 0.3) is 0 Å². The maximum Gasteiger partial charge on any atom is 0.187 e. The zero-order valence-corrected chi connectivity index (χ0v) is 31.9. The highest BCUT2D eigenvalue weighted by Crippen LogP contribution is 2.68. The molecule has 7 fully saturated rings. The average Bonchev–Trinajstić information content (AvgIpc) is 3.78. The van der Waals surface area contributed by atoms with E-state index in [0.717, 1.165) is 44.9 Å². The van der Waals surface area contributed by atoms with Crippen molar-refractivity contribution in [1.29, 1.82) is 0 Å². The van der Waals surface area contributed by atoms with Crippen molar-refractivity contribution < 1.29 is 69.6 Å². The lowest BCUT2D eigenvalue weighted by molar-refractivity contribution is -0.379. The third kappa shape index (κ3) is 6.96. The number of aliphatic hydroxyl groups is 9. The second-order valence-corrected chi connectivity index (χ2v) is 19.1. The Bertz CT molecular complexity index is 1260. The standard InChI is InChI=1S/C39H66O14/c1-37(2)26(42)12-13-39(5)21-9-8-17-18(6-7-19(17)22-10-11-27(49-22)38(3,4)48)20(21)14-23(34(37)39)50-36-33(31(46)29(44)25(16-41)52-36)53-35-32(47)30(45)28(43)24(15-40)51-35/h17-36,40-48H,6-16H2,1-5H3/t17-,18+,19-,20-,21-,22?,23?,24+,25+,26?,27+,28+,29+,30-,31-,32+,33+,34-,35-,36+,39+/m0/s1. The molecule has 7 aliphatic rings. The molecule has 9 N–H and O–H groups in total. The summed E-state index contributed by atoms with van der Waals surface area (Å²) in [6, 6.07) is 0. The molecular weight excluding hydrogens is 692 g/mol. The smallest absolute Gasteiger partial charge is 0.187 e. The van der Waals surface area contributed by atoms with Gasteiger partial charge in [-0.15, -0.1) is 0 Å². The molecule has 3 unspecified atom stereocenters. The molecule has 53 heavy (non-hydrogen) atoms. The third-order valence-electron chi connectivity index (χ3n) is 15.5. The molecule has 0 aromatic rings. The minimum absolute atomic E-state index is 0.125. The van der Waals surface area contributed by atoms with Gasteiger partial charge in [-0.2, -0.15) is 0 Å². The quantitative estimate of drug-likeness (QED) is 0.151. The van der Waals surface area contributed by atoms with Crippen LogP contribution in [0.5, 0.6) is 0 Å². The van der Waals surface area contributed by atoms with Gasteiger partial charge in [-0.25, -0.2) is 0 Å². The summed E-state index contributed by atoms with van der Waals surface area (Å²) in [6.07, 6.45) is -8.14. The van der Waals surface area contributed by atoms with Gasteiger partial charge in [0, 0.05) is 0 Å². The number of hydrogen-bond acceptors (Lipinski definition) is 14. The van der Waals surface area contributed by atoms with Gasteiger partial charge in [0.2, 0.25) is 0 Å². The van der Waals surface area contributed by atoms with E-state index < -0.39 is 97.8 Å². The molecule has 0 aromatic carbocycles. The Labute approximate surface area is 312 Å². The van der Waals surface area contributed by atoms with Gasteiger partial charge >= 0.3 is 0 Å². The monoisotopic (exact) mass is 758 g/mol. The first-order valence-electron chi connectivity index (χ1n) is 20.2. The van der Waals surface area contributed by atoms with Crippen LogP contribution in [0.15, 0.2) is 0 Å². The van der Waals surface area contributed by atoms with Crippen LogP contribution < -0.4 is 0 Å². The van der Waals surface area contributed by atoms with E-state index in [1.54, 1.807) is 0 Å². The lowest BCUT2D eigenvalue weighted by Gasteiger charge is -2.65. The van der Waals surface area contributed by atoms with Crippen LogP contribution in [0.4, 0.5) is 0 Å². The van der Waals surface area contributed by atoms with E-state index in [-0.39, 0.29) is 23.5 Å². The van der Waals surface area contributed by atoms with Gasteiger partial charge in [-0.05, 0) is 118 Å². The summed E-state index contributed by atoms with van der Waals surface area (Å²) in [5.74, 6) is 1.91. The SMILES string of the molecule is CC(C)(O)[C@H]1CCC([C@H]2CC[C@@H]3[C@@H]2CC[C@H]2[C@H]3CC(O[C@@H]3O[C@H](CO)[C@@H](O)[C@H](O)[C@H]3O[C@@H]3O[C@H](CO)[C@@H](O)[C@H](O)[C@H]3O)[C@H]3C(C)(C)C(O)CC[C@]23C)O1. The van der Waals surface area contributed by atoms with Crippen LogP contribution in [-0.2, 0) is 23.7 Å². The van der Waals surface area contributed by atoms with E-state index in [1.165, 1.54) is 0 Å². The number of hydrogen-bond donors (Lipinski definition) is 9. The average molecular weight is 759 g/mol. The Morgan fingerprint density at radius 1 is 0.642 bits per heavy atom. The second kappa shape index (κ2) is 15.0. The Kier molecular flexibility index (Phi) is 11.5. The van der Waals surface area contributed by atoms with Gasteiger partial charge in [-0.3, -0.25) is 0 Å². The molecule has 0 radical (unpaired) electrons. The largest absolute Gasteiger partial charge is 0.394 e. The van der Waals surface area contributed by atoms with Crippen molar-refractivity contribution in [2.45, 2.75) is 184 Å². The van der Waals surface area contributed by atoms with Gasteiger partial charge in [-0.1, -0.05) is 20.8 Å². The fourth-order valence-corrected chi connectivity index (χ4v) is 12.8. The van der Waals surface area contributed by atoms with E-state index in [4.69, 9.17) is 23.7 Å². The van der Waals surface area contributed by atoms with Crippen LogP contribution in [0, 0.1) is 46.3 Å². The molecule has 4 saturated carbocycles. The second-order valence-electron chi connectivity index (χ2n) is 19.1. The number of ether oxygens (including phenoxy) is 5. The van der Waals surface area contributed by atoms with Crippen LogP contribution in [-0.4, -0.2) is 151 Å². The van der Waals surface area contributed by atoms with Crippen molar-refractivity contribution >= 4 is 0 Å². The van der Waals surface area contributed by atoms with Crippen LogP contribution in [0.1, 0.15) is 92.4 Å². The predicted octanol–water partition coefficient (Wildman–Crippen LogP) is 0.190. The number of fused-ring (bicyclic) bond motifs is 5. The predicted molar refractivity (Wildman–Crippen MR) is 187 cm³/mol. The normalized spacial score (nSPS) is 54.2. The maximum absolute atomic E-state index is 11.5. The van der Waals surface area contributed by atoms with E-state index in [1.807, 2.05) is 13.8 Å². The van der Waals surface area contributed by atoms with Crippen molar-refractivity contribution in [3.8, 4) is 0 Å². The third-order valence-corrected chi connectivity index (χ3v) is 15.5. The Morgan fingerprint density at radius 3 is 1.89 bits per heavy atom. The summed E-state index contributed by atoms with van der Waals surface area (Å²) < 4.78 is 31.3. The molecule has 3 aliphatic heterocycles. The number of rotatable bonds is 8. The van der Waals surface area contributed by atoms with Crippen LogP contribution in [0.3, 0.4) is 0 Å². The van der Waals surface area contributed by atoms with Crippen molar-refractivity contribution in [1.82, 2.24) is 0 Å². The Morgan fingerprint density at radius 2 is 1.25 bits per heavy atom. The van der Waals surface area contributed by atoms with E-state index in [2.05, 4.69) is 20.8 Å². The molecule has 0 spiro atoms. The summed E-state index contributed by atoms with van der Waals surface area (Å²) >= 11 is 0. The van der Waals surface area contributed by atoms with E-state index in [9.17, 15) is 46.0 Å². The molecule has 14 heteroatoms. The van der Waals surface area contributed by atoms with E-state index in [0.29, 0.717) is 42.4 Å². The highest BCUT2D eigenvalue weighted by molar-refractivity contribution is 5.13. The van der Waals surface area contributed by atoms with Gasteiger partial charge < -0.3 is 69.6 Å². The minimum atomic E-state index is -1.77. The summed E-state index contributed by atoms with van der Waals surface area (Å²) in [7, 11) is 0. The molecular formula is C39H66O14. The van der Waals surface area contributed by atoms with Crippen molar-refractivity contribution in [2.24, 2.45) is 46.3 Å². The highest BCUT2D eigenvalue weighted by atomic mass is 16.8. The lowest BCUT2D eigenvalue weighted by Crippen LogP contribution is -2.67.